The summed E-state index contributed by atoms with van der Waals surface area (Å²) in [5.41, 5.74) is 1.49. The standard InChI is InChI=1S/C28H25BrClN3O5/c1-37-23-14-17(13-19(29)25(23)38-15-16-7-2-4-9-20(16)30)24-22-11-6-12-32(22)28(26(24)33(35)36)18-8-3-5-10-21(18)31-27(28)34/h2-5,7-10,13-14,22,24,26H,6,11-12,15H2,1H3,(H,31,34)/t22-,24+,26+,28+/m0/s1. The first-order valence-electron chi connectivity index (χ1n) is 12.4. The molecule has 1 amide bonds. The van der Waals surface area contributed by atoms with Gasteiger partial charge in [-0.05, 0) is 58.6 Å². The van der Waals surface area contributed by atoms with Crippen molar-refractivity contribution in [1.82, 2.24) is 4.90 Å². The molecule has 1 spiro atoms. The second-order valence-corrected chi connectivity index (χ2v) is 11.1. The fraction of sp³-hybridized carbons (Fsp3) is 0.321. The molecule has 0 unspecified atom stereocenters. The van der Waals surface area contributed by atoms with E-state index in [1.54, 1.807) is 6.07 Å². The molecule has 3 aliphatic heterocycles. The average molecular weight is 599 g/mol. The smallest absolute Gasteiger partial charge is 0.256 e. The Labute approximate surface area is 233 Å². The minimum atomic E-state index is -1.37. The van der Waals surface area contributed by atoms with Gasteiger partial charge >= 0.3 is 0 Å². The van der Waals surface area contributed by atoms with Gasteiger partial charge in [0.25, 0.3) is 11.9 Å². The molecule has 0 saturated carbocycles. The zero-order chi connectivity index (χ0) is 26.6. The molecule has 8 nitrogen and oxygen atoms in total. The number of para-hydroxylation sites is 1. The molecule has 0 aromatic heterocycles. The SMILES string of the molecule is COc1cc([C@@H]2[C@@H]3CCCN3[C@@]3(C(=O)Nc4ccccc43)[C@@H]2[N+](=O)[O-])cc(Br)c1OCc1ccccc1Cl. The molecule has 1 N–H and O–H groups in total. The summed E-state index contributed by atoms with van der Waals surface area (Å²) in [7, 11) is 1.54. The number of nitro groups is 1. The van der Waals surface area contributed by atoms with E-state index in [0.29, 0.717) is 38.8 Å². The summed E-state index contributed by atoms with van der Waals surface area (Å²) in [5.74, 6) is 0.0619. The van der Waals surface area contributed by atoms with Crippen molar-refractivity contribution >= 4 is 39.1 Å². The molecular formula is C28H25BrClN3O5. The van der Waals surface area contributed by atoms with E-state index in [-0.39, 0.29) is 23.5 Å². The number of carbonyl (C=O) groups is 1. The first-order chi connectivity index (χ1) is 18.4. The minimum Gasteiger partial charge on any atom is -0.493 e. The lowest BCUT2D eigenvalue weighted by molar-refractivity contribution is -0.534. The number of rotatable bonds is 6. The van der Waals surface area contributed by atoms with Crippen LogP contribution in [0.25, 0.3) is 0 Å². The van der Waals surface area contributed by atoms with Crippen LogP contribution in [-0.2, 0) is 16.9 Å². The molecule has 3 aliphatic rings. The van der Waals surface area contributed by atoms with Crippen molar-refractivity contribution < 1.29 is 19.2 Å². The predicted octanol–water partition coefficient (Wildman–Crippen LogP) is 5.74. The molecule has 3 aromatic carbocycles. The molecular weight excluding hydrogens is 574 g/mol. The predicted molar refractivity (Wildman–Crippen MR) is 146 cm³/mol. The third-order valence-corrected chi connectivity index (χ3v) is 9.02. The molecule has 2 fully saturated rings. The third-order valence-electron chi connectivity index (χ3n) is 8.06. The normalized spacial score (nSPS) is 25.8. The summed E-state index contributed by atoms with van der Waals surface area (Å²) in [4.78, 5) is 28.3. The van der Waals surface area contributed by atoms with E-state index in [9.17, 15) is 14.9 Å². The summed E-state index contributed by atoms with van der Waals surface area (Å²) in [6, 6.07) is 17.1. The van der Waals surface area contributed by atoms with Gasteiger partial charge in [0, 0.05) is 39.3 Å². The molecule has 0 radical (unpaired) electrons. The monoisotopic (exact) mass is 597 g/mol. The zero-order valence-electron chi connectivity index (χ0n) is 20.5. The number of ether oxygens (including phenoxy) is 2. The molecule has 196 valence electrons. The van der Waals surface area contributed by atoms with Gasteiger partial charge in [0.2, 0.25) is 0 Å². The van der Waals surface area contributed by atoms with Crippen LogP contribution in [0.15, 0.2) is 65.1 Å². The number of hydrogen-bond acceptors (Lipinski definition) is 6. The molecule has 3 aromatic rings. The summed E-state index contributed by atoms with van der Waals surface area (Å²) in [6.45, 7) is 0.843. The third kappa shape index (κ3) is 3.63. The highest BCUT2D eigenvalue weighted by molar-refractivity contribution is 9.10. The maximum atomic E-state index is 13.7. The summed E-state index contributed by atoms with van der Waals surface area (Å²) in [5, 5.41) is 16.4. The number of nitrogens with zero attached hydrogens (tertiary/aromatic N) is 2. The molecule has 0 bridgehead atoms. The number of hydrogen-bond donors (Lipinski definition) is 1. The van der Waals surface area contributed by atoms with Crippen LogP contribution in [0.2, 0.25) is 5.02 Å². The highest BCUT2D eigenvalue weighted by Crippen LogP contribution is 2.58. The van der Waals surface area contributed by atoms with Gasteiger partial charge in [0.15, 0.2) is 17.0 Å². The van der Waals surface area contributed by atoms with E-state index in [0.717, 1.165) is 24.0 Å². The van der Waals surface area contributed by atoms with Crippen LogP contribution in [-0.4, -0.2) is 41.5 Å². The number of nitrogens with one attached hydrogen (secondary N) is 1. The number of benzene rings is 3. The topological polar surface area (TPSA) is 93.9 Å². The van der Waals surface area contributed by atoms with E-state index < -0.39 is 17.5 Å². The largest absolute Gasteiger partial charge is 0.493 e. The Morgan fingerprint density at radius 3 is 2.74 bits per heavy atom. The van der Waals surface area contributed by atoms with E-state index in [2.05, 4.69) is 26.1 Å². The second-order valence-electron chi connectivity index (χ2n) is 9.84. The van der Waals surface area contributed by atoms with Crippen molar-refractivity contribution in [3.05, 3.63) is 97.0 Å². The lowest BCUT2D eigenvalue weighted by atomic mass is 9.77. The lowest BCUT2D eigenvalue weighted by Gasteiger charge is -2.32. The molecule has 10 heteroatoms. The second kappa shape index (κ2) is 9.55. The Morgan fingerprint density at radius 1 is 1.21 bits per heavy atom. The van der Waals surface area contributed by atoms with Crippen molar-refractivity contribution in [2.24, 2.45) is 0 Å². The van der Waals surface area contributed by atoms with Gasteiger partial charge in [-0.15, -0.1) is 0 Å². The van der Waals surface area contributed by atoms with Gasteiger partial charge in [-0.1, -0.05) is 48.0 Å². The number of fused-ring (bicyclic) bond motifs is 4. The number of halogens is 2. The fourth-order valence-electron chi connectivity index (χ4n) is 6.61. The van der Waals surface area contributed by atoms with Crippen molar-refractivity contribution in [2.75, 3.05) is 19.0 Å². The average Bonchev–Trinajstić information content (AvgIpc) is 3.57. The summed E-state index contributed by atoms with van der Waals surface area (Å²) < 4.78 is 12.4. The molecule has 4 atom stereocenters. The zero-order valence-corrected chi connectivity index (χ0v) is 22.9. The maximum absolute atomic E-state index is 13.7. The fourth-order valence-corrected chi connectivity index (χ4v) is 7.38. The number of anilines is 1. The van der Waals surface area contributed by atoms with Gasteiger partial charge in [0.1, 0.15) is 6.61 Å². The number of amides is 1. The minimum absolute atomic E-state index is 0.172. The molecule has 6 rings (SSSR count). The Morgan fingerprint density at radius 2 is 1.97 bits per heavy atom. The van der Waals surface area contributed by atoms with Gasteiger partial charge in [-0.2, -0.15) is 0 Å². The molecule has 3 heterocycles. The lowest BCUT2D eigenvalue weighted by Crippen LogP contribution is -2.55. The summed E-state index contributed by atoms with van der Waals surface area (Å²) in [6.07, 6.45) is 1.62. The van der Waals surface area contributed by atoms with Gasteiger partial charge in [-0.25, -0.2) is 0 Å². The first-order valence-corrected chi connectivity index (χ1v) is 13.6. The number of carbonyl (C=O) groups excluding carboxylic acids is 1. The van der Waals surface area contributed by atoms with Crippen LogP contribution in [0.1, 0.15) is 35.4 Å². The van der Waals surface area contributed by atoms with E-state index in [4.69, 9.17) is 21.1 Å². The van der Waals surface area contributed by atoms with E-state index in [1.165, 1.54) is 7.11 Å². The Kier molecular flexibility index (Phi) is 6.32. The van der Waals surface area contributed by atoms with Crippen molar-refractivity contribution in [3.8, 4) is 11.5 Å². The van der Waals surface area contributed by atoms with Crippen molar-refractivity contribution in [2.45, 2.75) is 43.0 Å². The van der Waals surface area contributed by atoms with Gasteiger partial charge in [0.05, 0.1) is 17.5 Å². The highest BCUT2D eigenvalue weighted by atomic mass is 79.9. The van der Waals surface area contributed by atoms with Crippen LogP contribution in [0, 0.1) is 10.1 Å². The van der Waals surface area contributed by atoms with Crippen molar-refractivity contribution in [1.29, 1.82) is 0 Å². The van der Waals surface area contributed by atoms with E-state index >= 15 is 0 Å². The Balaban J connectivity index is 1.44. The highest BCUT2D eigenvalue weighted by Gasteiger charge is 2.73. The first kappa shape index (κ1) is 25.2. The Bertz CT molecular complexity index is 1450. The summed E-state index contributed by atoms with van der Waals surface area (Å²) >= 11 is 9.91. The quantitative estimate of drug-likeness (QED) is 0.287. The molecule has 0 aliphatic carbocycles. The molecule has 38 heavy (non-hydrogen) atoms. The van der Waals surface area contributed by atoms with Crippen LogP contribution in [0.3, 0.4) is 0 Å². The maximum Gasteiger partial charge on any atom is 0.256 e. The van der Waals surface area contributed by atoms with Crippen molar-refractivity contribution in [3.63, 3.8) is 0 Å². The van der Waals surface area contributed by atoms with Crippen LogP contribution >= 0.6 is 27.5 Å². The van der Waals surface area contributed by atoms with Crippen LogP contribution in [0.4, 0.5) is 5.69 Å². The van der Waals surface area contributed by atoms with Gasteiger partial charge in [-0.3, -0.25) is 19.8 Å². The van der Waals surface area contributed by atoms with Crippen LogP contribution < -0.4 is 14.8 Å². The molecule has 2 saturated heterocycles. The van der Waals surface area contributed by atoms with Crippen LogP contribution in [0.5, 0.6) is 11.5 Å². The Hall–Kier alpha value is -3.14. The number of methoxy groups -OCH3 is 1. The van der Waals surface area contributed by atoms with E-state index in [1.807, 2.05) is 54.6 Å². The van der Waals surface area contributed by atoms with Gasteiger partial charge < -0.3 is 14.8 Å².